The summed E-state index contributed by atoms with van der Waals surface area (Å²) in [6, 6.07) is 5.78. The maximum absolute atomic E-state index is 6.01. The summed E-state index contributed by atoms with van der Waals surface area (Å²) >= 11 is 9.37. The highest BCUT2D eigenvalue weighted by Gasteiger charge is 1.98. The second kappa shape index (κ2) is 5.95. The van der Waals surface area contributed by atoms with Gasteiger partial charge < -0.3 is 5.32 Å². The summed E-state index contributed by atoms with van der Waals surface area (Å²) < 4.78 is 0.987. The molecule has 0 spiro atoms. The minimum atomic E-state index is 0.726. The minimum Gasteiger partial charge on any atom is -0.383 e. The Kier molecular flexibility index (Phi) is 4.86. The van der Waals surface area contributed by atoms with Crippen LogP contribution in [-0.4, -0.2) is 6.54 Å². The first-order chi connectivity index (χ1) is 6.74. The van der Waals surface area contributed by atoms with E-state index in [0.717, 1.165) is 28.1 Å². The molecule has 74 valence electrons. The van der Waals surface area contributed by atoms with Crippen LogP contribution < -0.4 is 5.32 Å². The van der Waals surface area contributed by atoms with Gasteiger partial charge in [0.1, 0.15) is 0 Å². The quantitative estimate of drug-likeness (QED) is 0.649. The molecule has 0 bridgehead atoms. The average molecular weight is 273 g/mol. The zero-order valence-corrected chi connectivity index (χ0v) is 10.2. The molecule has 0 atom stereocenters. The third-order valence-electron chi connectivity index (χ3n) is 1.67. The molecule has 0 aliphatic rings. The van der Waals surface area contributed by atoms with Crippen LogP contribution in [0, 0.1) is 11.8 Å². The highest BCUT2D eigenvalue weighted by molar-refractivity contribution is 9.10. The molecule has 1 aromatic carbocycles. The number of hydrogen-bond acceptors (Lipinski definition) is 1. The Balaban J connectivity index is 2.53. The lowest BCUT2D eigenvalue weighted by atomic mass is 10.3. The Labute approximate surface area is 98.0 Å². The number of nitrogens with one attached hydrogen (secondary N) is 1. The van der Waals surface area contributed by atoms with Crippen molar-refractivity contribution < 1.29 is 0 Å². The van der Waals surface area contributed by atoms with Gasteiger partial charge in [-0.2, -0.15) is 0 Å². The van der Waals surface area contributed by atoms with Gasteiger partial charge in [0.25, 0.3) is 0 Å². The van der Waals surface area contributed by atoms with Gasteiger partial charge in [0.15, 0.2) is 0 Å². The van der Waals surface area contributed by atoms with Crippen molar-refractivity contribution in [2.24, 2.45) is 0 Å². The van der Waals surface area contributed by atoms with E-state index in [4.69, 9.17) is 11.6 Å². The van der Waals surface area contributed by atoms with E-state index in [1.807, 2.05) is 25.1 Å². The van der Waals surface area contributed by atoms with Crippen molar-refractivity contribution in [3.63, 3.8) is 0 Å². The van der Waals surface area contributed by atoms with Crippen LogP contribution in [0.25, 0.3) is 0 Å². The third-order valence-corrected chi connectivity index (χ3v) is 2.48. The molecule has 14 heavy (non-hydrogen) atoms. The van der Waals surface area contributed by atoms with Gasteiger partial charge in [0, 0.05) is 17.4 Å². The molecule has 0 aromatic heterocycles. The number of benzene rings is 1. The molecule has 0 saturated carbocycles. The summed E-state index contributed by atoms with van der Waals surface area (Å²) in [4.78, 5) is 0. The lowest BCUT2D eigenvalue weighted by molar-refractivity contribution is 1.10. The largest absolute Gasteiger partial charge is 0.383 e. The number of hydrogen-bond donors (Lipinski definition) is 1. The van der Waals surface area contributed by atoms with Crippen LogP contribution in [0.15, 0.2) is 22.7 Å². The van der Waals surface area contributed by atoms with Crippen molar-refractivity contribution in [2.75, 3.05) is 11.9 Å². The molecule has 3 heteroatoms. The Bertz CT molecular complexity index is 365. The molecule has 0 fully saturated rings. The van der Waals surface area contributed by atoms with E-state index in [2.05, 4.69) is 33.1 Å². The number of halogens is 2. The zero-order chi connectivity index (χ0) is 10.4. The molecular formula is C11H11BrClN. The lowest BCUT2D eigenvalue weighted by Gasteiger charge is -2.06. The van der Waals surface area contributed by atoms with E-state index in [1.54, 1.807) is 0 Å². The molecule has 1 aromatic rings. The Morgan fingerprint density at radius 1 is 1.50 bits per heavy atom. The molecule has 0 saturated heterocycles. The molecular weight excluding hydrogens is 261 g/mol. The maximum atomic E-state index is 6.01. The SMILES string of the molecule is CC#CCCNc1ccc(Br)cc1Cl. The summed E-state index contributed by atoms with van der Waals surface area (Å²) in [5.74, 6) is 5.83. The number of anilines is 1. The Morgan fingerprint density at radius 2 is 2.29 bits per heavy atom. The lowest BCUT2D eigenvalue weighted by Crippen LogP contribution is -2.00. The van der Waals surface area contributed by atoms with Gasteiger partial charge in [0.2, 0.25) is 0 Å². The van der Waals surface area contributed by atoms with E-state index < -0.39 is 0 Å². The molecule has 1 nitrogen and oxygen atoms in total. The first kappa shape index (κ1) is 11.4. The summed E-state index contributed by atoms with van der Waals surface area (Å²) in [6.45, 7) is 2.66. The molecule has 0 aliphatic carbocycles. The predicted molar refractivity (Wildman–Crippen MR) is 65.7 cm³/mol. The fraction of sp³-hybridized carbons (Fsp3) is 0.273. The van der Waals surface area contributed by atoms with E-state index in [-0.39, 0.29) is 0 Å². The highest BCUT2D eigenvalue weighted by atomic mass is 79.9. The van der Waals surface area contributed by atoms with E-state index in [1.165, 1.54) is 0 Å². The fourth-order valence-corrected chi connectivity index (χ4v) is 1.76. The van der Waals surface area contributed by atoms with Crippen molar-refractivity contribution in [3.8, 4) is 11.8 Å². The molecule has 1 rings (SSSR count). The Hall–Kier alpha value is -0.650. The van der Waals surface area contributed by atoms with Crippen LogP contribution in [0.3, 0.4) is 0 Å². The van der Waals surface area contributed by atoms with Gasteiger partial charge in [-0.1, -0.05) is 27.5 Å². The second-order valence-electron chi connectivity index (χ2n) is 2.73. The van der Waals surface area contributed by atoms with E-state index >= 15 is 0 Å². The van der Waals surface area contributed by atoms with Crippen molar-refractivity contribution >= 4 is 33.2 Å². The third kappa shape index (κ3) is 3.61. The van der Waals surface area contributed by atoms with Gasteiger partial charge in [-0.15, -0.1) is 11.8 Å². The van der Waals surface area contributed by atoms with Crippen molar-refractivity contribution in [1.82, 2.24) is 0 Å². The summed E-state index contributed by atoms with van der Waals surface area (Å²) in [7, 11) is 0. The normalized spacial score (nSPS) is 9.07. The van der Waals surface area contributed by atoms with E-state index in [0.29, 0.717) is 0 Å². The summed E-state index contributed by atoms with van der Waals surface area (Å²) in [5.41, 5.74) is 0.952. The zero-order valence-electron chi connectivity index (χ0n) is 7.90. The van der Waals surface area contributed by atoms with Crippen molar-refractivity contribution in [2.45, 2.75) is 13.3 Å². The molecule has 0 aliphatic heterocycles. The van der Waals surface area contributed by atoms with Gasteiger partial charge in [-0.25, -0.2) is 0 Å². The molecule has 0 radical (unpaired) electrons. The first-order valence-electron chi connectivity index (χ1n) is 4.32. The fourth-order valence-electron chi connectivity index (χ4n) is 1.02. The van der Waals surface area contributed by atoms with Crippen molar-refractivity contribution in [3.05, 3.63) is 27.7 Å². The van der Waals surface area contributed by atoms with Crippen LogP contribution in [0.1, 0.15) is 13.3 Å². The minimum absolute atomic E-state index is 0.726. The van der Waals surface area contributed by atoms with Gasteiger partial charge in [-0.3, -0.25) is 0 Å². The smallest absolute Gasteiger partial charge is 0.0648 e. The first-order valence-corrected chi connectivity index (χ1v) is 5.49. The summed E-state index contributed by atoms with van der Waals surface area (Å²) in [5, 5.41) is 3.95. The molecule has 0 unspecified atom stereocenters. The average Bonchev–Trinajstić information content (AvgIpc) is 2.15. The topological polar surface area (TPSA) is 12.0 Å². The van der Waals surface area contributed by atoms with Crippen molar-refractivity contribution in [1.29, 1.82) is 0 Å². The second-order valence-corrected chi connectivity index (χ2v) is 4.05. The van der Waals surface area contributed by atoms with Crippen LogP contribution in [0.4, 0.5) is 5.69 Å². The standard InChI is InChI=1S/C11H11BrClN/c1-2-3-4-7-14-11-6-5-9(12)8-10(11)13/h5-6,8,14H,4,7H2,1H3. The molecule has 0 heterocycles. The van der Waals surface area contributed by atoms with Crippen LogP contribution in [-0.2, 0) is 0 Å². The van der Waals surface area contributed by atoms with Gasteiger partial charge in [0.05, 0.1) is 10.7 Å². The van der Waals surface area contributed by atoms with Crippen LogP contribution in [0.5, 0.6) is 0 Å². The molecule has 1 N–H and O–H groups in total. The maximum Gasteiger partial charge on any atom is 0.0648 e. The van der Waals surface area contributed by atoms with Gasteiger partial charge >= 0.3 is 0 Å². The molecule has 0 amide bonds. The predicted octanol–water partition coefficient (Wildman–Crippen LogP) is 3.93. The summed E-state index contributed by atoms with van der Waals surface area (Å²) in [6.07, 6.45) is 0.836. The van der Waals surface area contributed by atoms with Crippen LogP contribution >= 0.6 is 27.5 Å². The highest BCUT2D eigenvalue weighted by Crippen LogP contribution is 2.25. The Morgan fingerprint density at radius 3 is 2.93 bits per heavy atom. The number of rotatable bonds is 3. The van der Waals surface area contributed by atoms with Crippen LogP contribution in [0.2, 0.25) is 5.02 Å². The van der Waals surface area contributed by atoms with Gasteiger partial charge in [-0.05, 0) is 25.1 Å². The monoisotopic (exact) mass is 271 g/mol. The van der Waals surface area contributed by atoms with E-state index in [9.17, 15) is 0 Å².